The molecular weight excluding hydrogens is 411 g/mol. The van der Waals surface area contributed by atoms with Crippen LogP contribution in [0.4, 0.5) is 9.52 Å². The Morgan fingerprint density at radius 3 is 2.70 bits per heavy atom. The molecule has 1 saturated heterocycles. The molecule has 0 aliphatic carbocycles. The number of halogens is 1. The van der Waals surface area contributed by atoms with Gasteiger partial charge in [-0.2, -0.15) is 0 Å². The highest BCUT2D eigenvalue weighted by molar-refractivity contribution is 7.15. The average molecular weight is 426 g/mol. The maximum absolute atomic E-state index is 13.9. The summed E-state index contributed by atoms with van der Waals surface area (Å²) < 4.78 is 19.1. The monoisotopic (exact) mass is 426 g/mol. The third-order valence-corrected chi connectivity index (χ3v) is 5.42. The lowest BCUT2D eigenvalue weighted by Gasteiger charge is -2.22. The van der Waals surface area contributed by atoms with Crippen molar-refractivity contribution in [3.8, 4) is 5.75 Å². The minimum Gasteiger partial charge on any atom is -0.507 e. The van der Waals surface area contributed by atoms with Gasteiger partial charge in [0, 0.05) is 12.4 Å². The van der Waals surface area contributed by atoms with Gasteiger partial charge in [0.05, 0.1) is 24.3 Å². The smallest absolute Gasteiger partial charge is 0.301 e. The first-order valence-corrected chi connectivity index (χ1v) is 9.59. The zero-order valence-electron chi connectivity index (χ0n) is 15.9. The molecule has 0 spiro atoms. The largest absolute Gasteiger partial charge is 0.507 e. The Bertz CT molecular complexity index is 1180. The fourth-order valence-corrected chi connectivity index (χ4v) is 3.99. The first-order chi connectivity index (χ1) is 14.4. The highest BCUT2D eigenvalue weighted by atomic mass is 32.1. The summed E-state index contributed by atoms with van der Waals surface area (Å²) in [5.41, 5.74) is 0.212. The van der Waals surface area contributed by atoms with E-state index in [4.69, 9.17) is 4.74 Å². The Balaban J connectivity index is 1.98. The Morgan fingerprint density at radius 1 is 1.27 bits per heavy atom. The van der Waals surface area contributed by atoms with Crippen molar-refractivity contribution >= 4 is 33.9 Å². The van der Waals surface area contributed by atoms with Crippen LogP contribution in [0.2, 0.25) is 0 Å². The van der Waals surface area contributed by atoms with Crippen LogP contribution < -0.4 is 9.64 Å². The van der Waals surface area contributed by atoms with Crippen LogP contribution in [0.15, 0.2) is 48.3 Å². The number of carbonyl (C=O) groups is 2. The number of aliphatic hydroxyl groups excluding tert-OH is 1. The number of hydrogen-bond acceptors (Lipinski definition) is 8. The number of benzene rings is 1. The van der Waals surface area contributed by atoms with Crippen LogP contribution in [-0.4, -0.2) is 39.1 Å². The molecule has 8 nitrogen and oxygen atoms in total. The number of aliphatic hydroxyl groups is 1. The number of rotatable bonds is 4. The van der Waals surface area contributed by atoms with Crippen LogP contribution in [-0.2, 0) is 9.59 Å². The SMILES string of the molecule is COc1ccc(F)cc1/C(O)=C1\C(=O)C(=O)N(c2nnc(C)s2)[C@@H]1c1cccnc1. The molecule has 1 aliphatic rings. The molecule has 1 fully saturated rings. The zero-order chi connectivity index (χ0) is 21.4. The van der Waals surface area contributed by atoms with Crippen molar-refractivity contribution in [3.63, 3.8) is 0 Å². The third-order valence-electron chi connectivity index (χ3n) is 4.58. The molecule has 1 aliphatic heterocycles. The van der Waals surface area contributed by atoms with Crippen molar-refractivity contribution in [3.05, 3.63) is 70.3 Å². The molecular formula is C20H15FN4O4S. The molecule has 3 aromatic rings. The van der Waals surface area contributed by atoms with Gasteiger partial charge in [-0.1, -0.05) is 17.4 Å². The van der Waals surface area contributed by atoms with Crippen LogP contribution in [0.25, 0.3) is 5.76 Å². The molecule has 0 unspecified atom stereocenters. The summed E-state index contributed by atoms with van der Waals surface area (Å²) in [6.07, 6.45) is 3.02. The van der Waals surface area contributed by atoms with E-state index in [1.807, 2.05) is 0 Å². The van der Waals surface area contributed by atoms with Crippen molar-refractivity contribution in [2.45, 2.75) is 13.0 Å². The third kappa shape index (κ3) is 3.20. The molecule has 152 valence electrons. The lowest BCUT2D eigenvalue weighted by atomic mass is 9.96. The zero-order valence-corrected chi connectivity index (χ0v) is 16.7. The maximum atomic E-state index is 13.9. The molecule has 0 bridgehead atoms. The molecule has 3 heterocycles. The number of aromatic nitrogens is 3. The molecule has 10 heteroatoms. The van der Waals surface area contributed by atoms with Crippen LogP contribution in [0.5, 0.6) is 5.75 Å². The second-order valence-corrected chi connectivity index (χ2v) is 7.56. The highest BCUT2D eigenvalue weighted by Crippen LogP contribution is 2.43. The van der Waals surface area contributed by atoms with E-state index < -0.39 is 29.3 Å². The highest BCUT2D eigenvalue weighted by Gasteiger charge is 2.48. The van der Waals surface area contributed by atoms with E-state index in [2.05, 4.69) is 15.2 Å². The number of Topliss-reactive ketones (excluding diaryl/α,β-unsaturated/α-hetero) is 1. The molecule has 1 aromatic carbocycles. The summed E-state index contributed by atoms with van der Waals surface area (Å²) in [5, 5.41) is 19.7. The molecule has 30 heavy (non-hydrogen) atoms. The summed E-state index contributed by atoms with van der Waals surface area (Å²) in [6, 6.07) is 5.82. The van der Waals surface area contributed by atoms with Crippen LogP contribution in [0.1, 0.15) is 22.2 Å². The average Bonchev–Trinajstić information content (AvgIpc) is 3.29. The summed E-state index contributed by atoms with van der Waals surface area (Å²) in [7, 11) is 1.35. The van der Waals surface area contributed by atoms with Gasteiger partial charge in [-0.15, -0.1) is 10.2 Å². The van der Waals surface area contributed by atoms with E-state index in [9.17, 15) is 19.1 Å². The number of anilines is 1. The summed E-state index contributed by atoms with van der Waals surface area (Å²) in [6.45, 7) is 1.72. The fraction of sp³-hybridized carbons (Fsp3) is 0.150. The Morgan fingerprint density at radius 2 is 2.07 bits per heavy atom. The van der Waals surface area contributed by atoms with Gasteiger partial charge in [0.25, 0.3) is 5.78 Å². The summed E-state index contributed by atoms with van der Waals surface area (Å²) in [5.74, 6) is -2.85. The Hall–Kier alpha value is -3.66. The van der Waals surface area contributed by atoms with Crippen molar-refractivity contribution < 1.29 is 23.8 Å². The number of aryl methyl sites for hydroxylation is 1. The van der Waals surface area contributed by atoms with Crippen molar-refractivity contribution in [1.29, 1.82) is 0 Å². The minimum atomic E-state index is -1.01. The maximum Gasteiger partial charge on any atom is 0.301 e. The van der Waals surface area contributed by atoms with Gasteiger partial charge in [-0.3, -0.25) is 19.5 Å². The summed E-state index contributed by atoms with van der Waals surface area (Å²) in [4.78, 5) is 31.1. The molecule has 1 amide bonds. The normalized spacial score (nSPS) is 18.1. The number of ketones is 1. The number of amides is 1. The molecule has 2 aromatic heterocycles. The van der Waals surface area contributed by atoms with Crippen LogP contribution in [0.3, 0.4) is 0 Å². The predicted molar refractivity (Wildman–Crippen MR) is 107 cm³/mol. The molecule has 0 radical (unpaired) electrons. The Labute approximate surface area is 174 Å². The quantitative estimate of drug-likeness (QED) is 0.388. The molecule has 4 rings (SSSR count). The van der Waals surface area contributed by atoms with Crippen molar-refractivity contribution in [2.75, 3.05) is 12.0 Å². The fourth-order valence-electron chi connectivity index (χ4n) is 3.28. The topological polar surface area (TPSA) is 106 Å². The second kappa shape index (κ2) is 7.64. The van der Waals surface area contributed by atoms with E-state index in [1.165, 1.54) is 24.3 Å². The van der Waals surface area contributed by atoms with Gasteiger partial charge in [0.15, 0.2) is 0 Å². The van der Waals surface area contributed by atoms with E-state index in [-0.39, 0.29) is 22.0 Å². The molecule has 1 atom stereocenters. The standard InChI is InChI=1S/C20H15FN4O4S/c1-10-23-24-20(30-10)25-16(11-4-3-7-22-9-11)15(18(27)19(25)28)17(26)13-8-12(21)5-6-14(13)29-2/h3-9,16,26H,1-2H3/b17-15+/t16-/m1/s1. The van der Waals surface area contributed by atoms with Gasteiger partial charge in [0.2, 0.25) is 5.13 Å². The van der Waals surface area contributed by atoms with E-state index >= 15 is 0 Å². The number of pyridine rings is 1. The minimum absolute atomic E-state index is 0.0437. The van der Waals surface area contributed by atoms with Gasteiger partial charge in [0.1, 0.15) is 22.3 Å². The summed E-state index contributed by atoms with van der Waals surface area (Å²) >= 11 is 1.13. The number of ether oxygens (including phenoxy) is 1. The van der Waals surface area contributed by atoms with E-state index in [1.54, 1.807) is 25.3 Å². The lowest BCUT2D eigenvalue weighted by molar-refractivity contribution is -0.132. The first kappa shape index (κ1) is 19.6. The number of carbonyl (C=O) groups excluding carboxylic acids is 2. The predicted octanol–water partition coefficient (Wildman–Crippen LogP) is 3.02. The Kier molecular flexibility index (Phi) is 5.00. The van der Waals surface area contributed by atoms with Gasteiger partial charge in [-0.05, 0) is 36.8 Å². The van der Waals surface area contributed by atoms with E-state index in [0.29, 0.717) is 10.6 Å². The second-order valence-electron chi connectivity index (χ2n) is 6.40. The molecule has 0 saturated carbocycles. The van der Waals surface area contributed by atoms with Gasteiger partial charge < -0.3 is 9.84 Å². The van der Waals surface area contributed by atoms with Crippen LogP contribution >= 0.6 is 11.3 Å². The number of methoxy groups -OCH3 is 1. The van der Waals surface area contributed by atoms with Crippen LogP contribution in [0, 0.1) is 12.7 Å². The lowest BCUT2D eigenvalue weighted by Crippen LogP contribution is -2.29. The molecule has 1 N–H and O–H groups in total. The van der Waals surface area contributed by atoms with Gasteiger partial charge in [-0.25, -0.2) is 4.39 Å². The van der Waals surface area contributed by atoms with Gasteiger partial charge >= 0.3 is 5.91 Å². The number of nitrogens with zero attached hydrogens (tertiary/aromatic N) is 4. The van der Waals surface area contributed by atoms with E-state index in [0.717, 1.165) is 23.5 Å². The first-order valence-electron chi connectivity index (χ1n) is 8.77. The van der Waals surface area contributed by atoms with Crippen molar-refractivity contribution in [2.24, 2.45) is 0 Å². The van der Waals surface area contributed by atoms with Crippen molar-refractivity contribution in [1.82, 2.24) is 15.2 Å². The number of hydrogen-bond donors (Lipinski definition) is 1.